The second kappa shape index (κ2) is 5.43. The Kier molecular flexibility index (Phi) is 3.48. The highest BCUT2D eigenvalue weighted by Gasteiger charge is 2.09. The van der Waals surface area contributed by atoms with Crippen LogP contribution in [0.2, 0.25) is 0 Å². The third kappa shape index (κ3) is 2.43. The molecule has 0 fully saturated rings. The smallest absolute Gasteiger partial charge is 0.193 e. The predicted molar refractivity (Wildman–Crippen MR) is 84.4 cm³/mol. The molecule has 0 bridgehead atoms. The number of ketones is 1. The molecule has 0 aliphatic heterocycles. The van der Waals surface area contributed by atoms with Crippen molar-refractivity contribution in [1.29, 1.82) is 0 Å². The van der Waals surface area contributed by atoms with Gasteiger partial charge in [0.05, 0.1) is 0 Å². The number of carbonyl (C=O) groups is 1. The molecule has 0 unspecified atom stereocenters. The van der Waals surface area contributed by atoms with Gasteiger partial charge in [-0.2, -0.15) is 0 Å². The van der Waals surface area contributed by atoms with E-state index in [9.17, 15) is 4.79 Å². The molecule has 0 radical (unpaired) electrons. The summed E-state index contributed by atoms with van der Waals surface area (Å²) in [5.41, 5.74) is 3.90. The van der Waals surface area contributed by atoms with Crippen LogP contribution >= 0.6 is 11.3 Å². The molecule has 2 aromatic carbocycles. The third-order valence-electron chi connectivity index (χ3n) is 3.31. The van der Waals surface area contributed by atoms with Gasteiger partial charge in [0.1, 0.15) is 0 Å². The molecule has 0 saturated carbocycles. The van der Waals surface area contributed by atoms with E-state index in [4.69, 9.17) is 0 Å². The Balaban J connectivity index is 1.91. The van der Waals surface area contributed by atoms with Gasteiger partial charge in [0.25, 0.3) is 0 Å². The average molecular weight is 278 g/mol. The highest BCUT2D eigenvalue weighted by molar-refractivity contribution is 7.13. The fourth-order valence-electron chi connectivity index (χ4n) is 2.20. The highest BCUT2D eigenvalue weighted by Crippen LogP contribution is 2.29. The van der Waals surface area contributed by atoms with Gasteiger partial charge in [-0.1, -0.05) is 54.6 Å². The standard InChI is InChI=1S/C18H14OS/c1-13-11-12-20-18(13)16-9-7-15(8-10-16)17(19)14-5-3-2-4-6-14/h2-12H,1H3. The van der Waals surface area contributed by atoms with E-state index in [1.54, 1.807) is 11.3 Å². The molecule has 0 amide bonds. The van der Waals surface area contributed by atoms with Crippen LogP contribution in [0.5, 0.6) is 0 Å². The van der Waals surface area contributed by atoms with Crippen LogP contribution in [-0.4, -0.2) is 5.78 Å². The van der Waals surface area contributed by atoms with Crippen molar-refractivity contribution in [1.82, 2.24) is 0 Å². The molecule has 0 spiro atoms. The maximum atomic E-state index is 12.3. The topological polar surface area (TPSA) is 17.1 Å². The number of carbonyl (C=O) groups excluding carboxylic acids is 1. The van der Waals surface area contributed by atoms with Gasteiger partial charge >= 0.3 is 0 Å². The molecule has 3 aromatic rings. The molecule has 1 heterocycles. The predicted octanol–water partition coefficient (Wildman–Crippen LogP) is 4.95. The summed E-state index contributed by atoms with van der Waals surface area (Å²) < 4.78 is 0. The second-order valence-corrected chi connectivity index (χ2v) is 5.62. The fourth-order valence-corrected chi connectivity index (χ4v) is 3.13. The zero-order valence-corrected chi connectivity index (χ0v) is 12.0. The molecule has 0 N–H and O–H groups in total. The average Bonchev–Trinajstić information content (AvgIpc) is 2.94. The first-order valence-corrected chi connectivity index (χ1v) is 7.38. The molecule has 98 valence electrons. The van der Waals surface area contributed by atoms with Crippen LogP contribution < -0.4 is 0 Å². The van der Waals surface area contributed by atoms with E-state index in [1.807, 2.05) is 54.6 Å². The quantitative estimate of drug-likeness (QED) is 0.619. The SMILES string of the molecule is Cc1ccsc1-c1ccc(C(=O)c2ccccc2)cc1. The molecular weight excluding hydrogens is 264 g/mol. The third-order valence-corrected chi connectivity index (χ3v) is 4.37. The fraction of sp³-hybridized carbons (Fsp3) is 0.0556. The van der Waals surface area contributed by atoms with Crippen LogP contribution in [-0.2, 0) is 0 Å². The van der Waals surface area contributed by atoms with E-state index in [0.29, 0.717) is 0 Å². The molecule has 0 atom stereocenters. The van der Waals surface area contributed by atoms with Gasteiger partial charge in [-0.05, 0) is 29.5 Å². The first-order valence-electron chi connectivity index (χ1n) is 6.50. The van der Waals surface area contributed by atoms with Crippen molar-refractivity contribution < 1.29 is 4.79 Å². The van der Waals surface area contributed by atoms with Gasteiger partial charge in [0.15, 0.2) is 5.78 Å². The summed E-state index contributed by atoms with van der Waals surface area (Å²) in [6.45, 7) is 2.11. The van der Waals surface area contributed by atoms with E-state index in [2.05, 4.69) is 18.4 Å². The Morgan fingerprint density at radius 2 is 1.50 bits per heavy atom. The Labute approximate surface area is 122 Å². The van der Waals surface area contributed by atoms with E-state index >= 15 is 0 Å². The van der Waals surface area contributed by atoms with Crippen LogP contribution in [0.25, 0.3) is 10.4 Å². The monoisotopic (exact) mass is 278 g/mol. The molecule has 1 nitrogen and oxygen atoms in total. The van der Waals surface area contributed by atoms with Gasteiger partial charge in [-0.3, -0.25) is 4.79 Å². The molecule has 20 heavy (non-hydrogen) atoms. The van der Waals surface area contributed by atoms with Crippen molar-refractivity contribution in [2.24, 2.45) is 0 Å². The zero-order chi connectivity index (χ0) is 13.9. The summed E-state index contributed by atoms with van der Waals surface area (Å²) in [4.78, 5) is 13.6. The number of benzene rings is 2. The second-order valence-electron chi connectivity index (χ2n) is 4.71. The molecule has 0 aliphatic rings. The summed E-state index contributed by atoms with van der Waals surface area (Å²) in [7, 11) is 0. The first-order chi connectivity index (χ1) is 9.75. The van der Waals surface area contributed by atoms with Gasteiger partial charge in [-0.15, -0.1) is 11.3 Å². The summed E-state index contributed by atoms with van der Waals surface area (Å²) in [6.07, 6.45) is 0. The Bertz CT molecular complexity index is 724. The maximum absolute atomic E-state index is 12.3. The number of aryl methyl sites for hydroxylation is 1. The molecule has 3 rings (SSSR count). The van der Waals surface area contributed by atoms with Crippen molar-refractivity contribution in [3.05, 3.63) is 82.7 Å². The van der Waals surface area contributed by atoms with Crippen molar-refractivity contribution in [3.63, 3.8) is 0 Å². The molecular formula is C18H14OS. The minimum Gasteiger partial charge on any atom is -0.289 e. The summed E-state index contributed by atoms with van der Waals surface area (Å²) in [5, 5.41) is 2.09. The van der Waals surface area contributed by atoms with E-state index in [0.717, 1.165) is 11.1 Å². The van der Waals surface area contributed by atoms with Crippen LogP contribution in [0, 0.1) is 6.92 Å². The Hall–Kier alpha value is -2.19. The van der Waals surface area contributed by atoms with E-state index < -0.39 is 0 Å². The van der Waals surface area contributed by atoms with Gasteiger partial charge in [-0.25, -0.2) is 0 Å². The van der Waals surface area contributed by atoms with Gasteiger partial charge < -0.3 is 0 Å². The minimum atomic E-state index is 0.0695. The lowest BCUT2D eigenvalue weighted by atomic mass is 10.0. The summed E-state index contributed by atoms with van der Waals surface area (Å²) in [5.74, 6) is 0.0695. The summed E-state index contributed by atoms with van der Waals surface area (Å²) in [6, 6.07) is 19.4. The number of hydrogen-bond donors (Lipinski definition) is 0. The van der Waals surface area contributed by atoms with E-state index in [-0.39, 0.29) is 5.78 Å². The Morgan fingerprint density at radius 3 is 2.10 bits per heavy atom. The molecule has 1 aromatic heterocycles. The van der Waals surface area contributed by atoms with Crippen molar-refractivity contribution in [3.8, 4) is 10.4 Å². The highest BCUT2D eigenvalue weighted by atomic mass is 32.1. The largest absolute Gasteiger partial charge is 0.289 e. The summed E-state index contributed by atoms with van der Waals surface area (Å²) >= 11 is 1.73. The lowest BCUT2D eigenvalue weighted by Crippen LogP contribution is -2.00. The molecule has 0 saturated heterocycles. The van der Waals surface area contributed by atoms with Crippen LogP contribution in [0.4, 0.5) is 0 Å². The Morgan fingerprint density at radius 1 is 0.850 bits per heavy atom. The number of thiophene rings is 1. The van der Waals surface area contributed by atoms with Crippen LogP contribution in [0.1, 0.15) is 21.5 Å². The van der Waals surface area contributed by atoms with Crippen molar-refractivity contribution in [2.45, 2.75) is 6.92 Å². The normalized spacial score (nSPS) is 10.4. The molecule has 2 heteroatoms. The maximum Gasteiger partial charge on any atom is 0.193 e. The lowest BCUT2D eigenvalue weighted by molar-refractivity contribution is 0.103. The van der Waals surface area contributed by atoms with Crippen LogP contribution in [0.3, 0.4) is 0 Å². The number of rotatable bonds is 3. The molecule has 0 aliphatic carbocycles. The minimum absolute atomic E-state index is 0.0695. The lowest BCUT2D eigenvalue weighted by Gasteiger charge is -2.04. The van der Waals surface area contributed by atoms with Gasteiger partial charge in [0, 0.05) is 16.0 Å². The van der Waals surface area contributed by atoms with E-state index in [1.165, 1.54) is 16.0 Å². The van der Waals surface area contributed by atoms with Crippen LogP contribution in [0.15, 0.2) is 66.0 Å². The number of hydrogen-bond acceptors (Lipinski definition) is 2. The van der Waals surface area contributed by atoms with Crippen molar-refractivity contribution in [2.75, 3.05) is 0 Å². The first kappa shape index (κ1) is 12.8. The zero-order valence-electron chi connectivity index (χ0n) is 11.2. The van der Waals surface area contributed by atoms with Gasteiger partial charge in [0.2, 0.25) is 0 Å². The van der Waals surface area contributed by atoms with Crippen molar-refractivity contribution >= 4 is 17.1 Å².